The third kappa shape index (κ3) is 2.02. The normalized spacial score (nSPS) is 9.93. The molecule has 0 atom stereocenters. The molecule has 6 heteroatoms. The van der Waals surface area contributed by atoms with Crippen LogP contribution in [0.25, 0.3) is 11.1 Å². The first-order valence-electron chi connectivity index (χ1n) is 3.89. The maximum absolute atomic E-state index is 8.91. The zero-order valence-electron chi connectivity index (χ0n) is 7.24. The van der Waals surface area contributed by atoms with Crippen molar-refractivity contribution in [1.29, 1.82) is 5.26 Å². The Kier molecular flexibility index (Phi) is 3.00. The van der Waals surface area contributed by atoms with Crippen molar-refractivity contribution in [3.63, 3.8) is 0 Å². The third-order valence-electron chi connectivity index (χ3n) is 1.77. The van der Waals surface area contributed by atoms with Crippen LogP contribution in [0.3, 0.4) is 0 Å². The fraction of sp³-hybridized carbons (Fsp3) is 0. The van der Waals surface area contributed by atoms with Crippen LogP contribution < -0.4 is 0 Å². The van der Waals surface area contributed by atoms with E-state index < -0.39 is 0 Å². The zero-order valence-corrected chi connectivity index (χ0v) is 10.4. The van der Waals surface area contributed by atoms with Crippen molar-refractivity contribution in [1.82, 2.24) is 9.36 Å². The first-order chi connectivity index (χ1) is 7.22. The van der Waals surface area contributed by atoms with Crippen molar-refractivity contribution in [3.8, 4) is 17.2 Å². The molecule has 0 unspecified atom stereocenters. The van der Waals surface area contributed by atoms with Crippen molar-refractivity contribution >= 4 is 39.1 Å². The van der Waals surface area contributed by atoms with E-state index in [-0.39, 0.29) is 0 Å². The molecule has 0 N–H and O–H groups in total. The minimum atomic E-state index is 0.398. The maximum atomic E-state index is 8.91. The average Bonchev–Trinajstić information content (AvgIpc) is 2.59. The van der Waals surface area contributed by atoms with Gasteiger partial charge in [-0.25, -0.2) is 4.98 Å². The molecule has 0 spiro atoms. The van der Waals surface area contributed by atoms with Gasteiger partial charge in [-0.05, 0) is 45.2 Å². The highest BCUT2D eigenvalue weighted by atomic mass is 79.9. The number of hydrogen-bond donors (Lipinski definition) is 0. The van der Waals surface area contributed by atoms with Gasteiger partial charge in [-0.3, -0.25) is 0 Å². The molecule has 2 rings (SSSR count). The van der Waals surface area contributed by atoms with Crippen LogP contribution >= 0.6 is 39.1 Å². The van der Waals surface area contributed by atoms with E-state index in [4.69, 9.17) is 16.9 Å². The summed E-state index contributed by atoms with van der Waals surface area (Å²) >= 11 is 10.2. The molecule has 0 radical (unpaired) electrons. The summed E-state index contributed by atoms with van der Waals surface area (Å²) in [6.07, 6.45) is 1.60. The van der Waals surface area contributed by atoms with E-state index in [1.165, 1.54) is 0 Å². The Morgan fingerprint density at radius 3 is 3.00 bits per heavy atom. The van der Waals surface area contributed by atoms with Gasteiger partial charge in [-0.1, -0.05) is 11.6 Å². The summed E-state index contributed by atoms with van der Waals surface area (Å²) < 4.78 is 4.72. The number of hydrogen-bond acceptors (Lipinski definition) is 4. The Morgan fingerprint density at radius 1 is 1.53 bits per heavy atom. The lowest BCUT2D eigenvalue weighted by atomic mass is 10.1. The Bertz CT molecular complexity index is 547. The highest BCUT2D eigenvalue weighted by Gasteiger charge is 2.13. The molecule has 0 aliphatic carbocycles. The van der Waals surface area contributed by atoms with E-state index in [1.54, 1.807) is 18.3 Å². The van der Waals surface area contributed by atoms with Crippen molar-refractivity contribution in [2.45, 2.75) is 0 Å². The van der Waals surface area contributed by atoms with Gasteiger partial charge in [0.1, 0.15) is 20.7 Å². The second-order valence-electron chi connectivity index (χ2n) is 2.66. The van der Waals surface area contributed by atoms with Crippen LogP contribution in [-0.2, 0) is 0 Å². The second kappa shape index (κ2) is 4.27. The van der Waals surface area contributed by atoms with Gasteiger partial charge in [0.05, 0.1) is 0 Å². The predicted molar refractivity (Wildman–Crippen MR) is 62.8 cm³/mol. The van der Waals surface area contributed by atoms with Crippen LogP contribution in [0.4, 0.5) is 0 Å². The molecular formula is C9H3BrClN3S. The zero-order chi connectivity index (χ0) is 10.8. The van der Waals surface area contributed by atoms with E-state index in [2.05, 4.69) is 31.4 Å². The van der Waals surface area contributed by atoms with Gasteiger partial charge in [0.15, 0.2) is 0 Å². The quantitative estimate of drug-likeness (QED) is 0.757. The van der Waals surface area contributed by atoms with Gasteiger partial charge in [-0.15, -0.1) is 0 Å². The van der Waals surface area contributed by atoms with E-state index in [9.17, 15) is 0 Å². The molecule has 2 heterocycles. The predicted octanol–water partition coefficient (Wildman–Crippen LogP) is 3.49. The van der Waals surface area contributed by atoms with Crippen LogP contribution in [0.2, 0.25) is 5.15 Å². The van der Waals surface area contributed by atoms with Crippen LogP contribution in [0.15, 0.2) is 22.9 Å². The summed E-state index contributed by atoms with van der Waals surface area (Å²) in [6, 6.07) is 5.59. The van der Waals surface area contributed by atoms with E-state index in [1.807, 2.05) is 0 Å². The summed E-state index contributed by atoms with van der Waals surface area (Å²) in [4.78, 5) is 4.44. The number of pyridine rings is 1. The molecule has 2 aromatic rings. The summed E-state index contributed by atoms with van der Waals surface area (Å²) in [5.41, 5.74) is 1.61. The van der Waals surface area contributed by atoms with Crippen LogP contribution in [0, 0.1) is 11.3 Å². The first kappa shape index (κ1) is 10.6. The molecule has 0 saturated carbocycles. The van der Waals surface area contributed by atoms with E-state index in [0.29, 0.717) is 14.6 Å². The van der Waals surface area contributed by atoms with Crippen LogP contribution in [-0.4, -0.2) is 9.36 Å². The lowest BCUT2D eigenvalue weighted by molar-refractivity contribution is 1.32. The van der Waals surface area contributed by atoms with Gasteiger partial charge in [-0.2, -0.15) is 9.64 Å². The number of nitrogens with zero attached hydrogens (tertiary/aromatic N) is 3. The van der Waals surface area contributed by atoms with Gasteiger partial charge in [0.2, 0.25) is 0 Å². The number of nitriles is 1. The topological polar surface area (TPSA) is 49.6 Å². The van der Waals surface area contributed by atoms with Gasteiger partial charge in [0.25, 0.3) is 0 Å². The molecule has 0 saturated heterocycles. The molecule has 0 amide bonds. The highest BCUT2D eigenvalue weighted by Crippen LogP contribution is 2.33. The molecule has 3 nitrogen and oxygen atoms in total. The maximum Gasteiger partial charge on any atom is 0.134 e. The number of rotatable bonds is 1. The monoisotopic (exact) mass is 299 g/mol. The highest BCUT2D eigenvalue weighted by molar-refractivity contribution is 9.10. The summed E-state index contributed by atoms with van der Waals surface area (Å²) in [5.74, 6) is 0. The molecule has 74 valence electrons. The van der Waals surface area contributed by atoms with Gasteiger partial charge in [0, 0.05) is 11.8 Å². The van der Waals surface area contributed by atoms with Crippen molar-refractivity contribution in [3.05, 3.63) is 33.0 Å². The summed E-state index contributed by atoms with van der Waals surface area (Å²) in [7, 11) is 0. The Labute approximate surface area is 104 Å². The average molecular weight is 301 g/mol. The number of halogens is 2. The minimum absolute atomic E-state index is 0.398. The van der Waals surface area contributed by atoms with E-state index >= 15 is 0 Å². The van der Waals surface area contributed by atoms with Crippen LogP contribution in [0.5, 0.6) is 0 Å². The Hall–Kier alpha value is -0.960. The fourth-order valence-electron chi connectivity index (χ4n) is 1.16. The molecule has 0 aliphatic rings. The van der Waals surface area contributed by atoms with Gasteiger partial charge < -0.3 is 0 Å². The fourth-order valence-corrected chi connectivity index (χ4v) is 2.71. The molecule has 15 heavy (non-hydrogen) atoms. The third-order valence-corrected chi connectivity index (χ3v) is 3.53. The lowest BCUT2D eigenvalue weighted by Gasteiger charge is -1.99. The Balaban J connectivity index is 2.64. The summed E-state index contributed by atoms with van der Waals surface area (Å²) in [6.45, 7) is 0. The van der Waals surface area contributed by atoms with Crippen molar-refractivity contribution < 1.29 is 0 Å². The number of aromatic nitrogens is 2. The molecule has 0 fully saturated rings. The van der Waals surface area contributed by atoms with Crippen molar-refractivity contribution in [2.75, 3.05) is 0 Å². The lowest BCUT2D eigenvalue weighted by Crippen LogP contribution is -1.81. The smallest absolute Gasteiger partial charge is 0.134 e. The van der Waals surface area contributed by atoms with Gasteiger partial charge >= 0.3 is 0 Å². The molecular weight excluding hydrogens is 298 g/mol. The summed E-state index contributed by atoms with van der Waals surface area (Å²) in [5, 5.41) is 9.31. The first-order valence-corrected chi connectivity index (χ1v) is 5.84. The molecule has 0 aromatic carbocycles. The van der Waals surface area contributed by atoms with E-state index in [0.717, 1.165) is 22.7 Å². The SMILES string of the molecule is N#Cc1snc(Br)c1-c1ccnc(Cl)c1. The van der Waals surface area contributed by atoms with Crippen molar-refractivity contribution in [2.24, 2.45) is 0 Å². The largest absolute Gasteiger partial charge is 0.245 e. The Morgan fingerprint density at radius 2 is 2.33 bits per heavy atom. The molecule has 0 bridgehead atoms. The molecule has 2 aromatic heterocycles. The molecule has 0 aliphatic heterocycles. The minimum Gasteiger partial charge on any atom is -0.245 e. The standard InChI is InChI=1S/C9H3BrClN3S/c10-9-8(6(4-12)15-14-9)5-1-2-13-7(11)3-5/h1-3H. The second-order valence-corrected chi connectivity index (χ2v) is 4.57. The van der Waals surface area contributed by atoms with Crippen LogP contribution in [0.1, 0.15) is 4.88 Å².